The number of amides is 1. The van der Waals surface area contributed by atoms with Gasteiger partial charge in [-0.2, -0.15) is 0 Å². The van der Waals surface area contributed by atoms with Crippen LogP contribution in [0.4, 0.5) is 5.82 Å². The zero-order chi connectivity index (χ0) is 18.1. The Bertz CT molecular complexity index is 1090. The number of anilines is 1. The Morgan fingerprint density at radius 2 is 1.54 bits per heavy atom. The average Bonchev–Trinajstić information content (AvgIpc) is 3.01. The Kier molecular flexibility index (Phi) is 4.37. The van der Waals surface area contributed by atoms with Crippen LogP contribution in [0.1, 0.15) is 10.4 Å². The van der Waals surface area contributed by atoms with E-state index in [2.05, 4.69) is 10.3 Å². The third-order valence-electron chi connectivity index (χ3n) is 3.99. The van der Waals surface area contributed by atoms with Gasteiger partial charge in [-0.3, -0.25) is 9.20 Å². The third-order valence-corrected chi connectivity index (χ3v) is 4.49. The number of imidazole rings is 1. The molecule has 0 fully saturated rings. The molecule has 0 saturated heterocycles. The van der Waals surface area contributed by atoms with Gasteiger partial charge in [0.1, 0.15) is 17.2 Å². The Balaban J connectivity index is 1.79. The van der Waals surface area contributed by atoms with E-state index >= 15 is 0 Å². The van der Waals surface area contributed by atoms with Gasteiger partial charge in [-0.05, 0) is 48.5 Å². The molecule has 6 heteroatoms. The lowest BCUT2D eigenvalue weighted by atomic mass is 10.1. The molecule has 0 radical (unpaired) electrons. The number of pyridine rings is 1. The highest BCUT2D eigenvalue weighted by Gasteiger charge is 2.17. The second-order valence-corrected chi connectivity index (χ2v) is 6.58. The highest BCUT2D eigenvalue weighted by Crippen LogP contribution is 2.30. The molecule has 0 aliphatic heterocycles. The number of rotatable bonds is 3. The van der Waals surface area contributed by atoms with Crippen molar-refractivity contribution in [3.63, 3.8) is 0 Å². The fraction of sp³-hybridized carbons (Fsp3) is 0. The molecule has 0 atom stereocenters. The minimum atomic E-state index is -0.234. The lowest BCUT2D eigenvalue weighted by molar-refractivity contribution is 0.102. The van der Waals surface area contributed by atoms with Crippen LogP contribution >= 0.6 is 23.2 Å². The van der Waals surface area contributed by atoms with Crippen LogP contribution in [-0.4, -0.2) is 15.3 Å². The van der Waals surface area contributed by atoms with Crippen LogP contribution in [0.15, 0.2) is 72.9 Å². The van der Waals surface area contributed by atoms with Crippen molar-refractivity contribution in [3.8, 4) is 11.3 Å². The summed E-state index contributed by atoms with van der Waals surface area (Å²) < 4.78 is 1.84. The maximum absolute atomic E-state index is 12.7. The first-order chi connectivity index (χ1) is 12.6. The third kappa shape index (κ3) is 3.17. The number of hydrogen-bond acceptors (Lipinski definition) is 2. The molecule has 128 valence electrons. The van der Waals surface area contributed by atoms with Crippen LogP contribution < -0.4 is 5.32 Å². The first-order valence-electron chi connectivity index (χ1n) is 7.92. The summed E-state index contributed by atoms with van der Waals surface area (Å²) in [6, 6.07) is 19.8. The van der Waals surface area contributed by atoms with Crippen molar-refractivity contribution in [2.45, 2.75) is 0 Å². The van der Waals surface area contributed by atoms with Crippen molar-refractivity contribution in [1.82, 2.24) is 9.38 Å². The van der Waals surface area contributed by atoms with Crippen molar-refractivity contribution in [2.24, 2.45) is 0 Å². The van der Waals surface area contributed by atoms with Crippen molar-refractivity contribution < 1.29 is 4.79 Å². The first-order valence-corrected chi connectivity index (χ1v) is 8.67. The van der Waals surface area contributed by atoms with E-state index in [-0.39, 0.29) is 5.91 Å². The number of hydrogen-bond donors (Lipinski definition) is 1. The molecule has 1 N–H and O–H groups in total. The molecule has 0 aliphatic carbocycles. The topological polar surface area (TPSA) is 46.4 Å². The second kappa shape index (κ2) is 6.83. The zero-order valence-corrected chi connectivity index (χ0v) is 15.0. The molecule has 0 spiro atoms. The molecule has 2 aromatic heterocycles. The van der Waals surface area contributed by atoms with Gasteiger partial charge in [-0.1, -0.05) is 41.4 Å². The molecular weight excluding hydrogens is 369 g/mol. The molecule has 2 aromatic carbocycles. The SMILES string of the molecule is O=C(Nc1c(-c2ccc(Cl)cc2)nc2ccccn12)c1ccc(Cl)cc1. The number of benzene rings is 2. The summed E-state index contributed by atoms with van der Waals surface area (Å²) in [6.45, 7) is 0. The zero-order valence-electron chi connectivity index (χ0n) is 13.5. The molecule has 1 amide bonds. The molecule has 0 saturated carbocycles. The van der Waals surface area contributed by atoms with Crippen LogP contribution in [0.3, 0.4) is 0 Å². The van der Waals surface area contributed by atoms with E-state index in [0.717, 1.165) is 11.2 Å². The molecule has 26 heavy (non-hydrogen) atoms. The van der Waals surface area contributed by atoms with Gasteiger partial charge in [0.2, 0.25) is 0 Å². The van der Waals surface area contributed by atoms with Gasteiger partial charge in [0.25, 0.3) is 5.91 Å². The lowest BCUT2D eigenvalue weighted by Gasteiger charge is -2.08. The summed E-state index contributed by atoms with van der Waals surface area (Å²) in [6.07, 6.45) is 1.86. The van der Waals surface area contributed by atoms with E-state index in [4.69, 9.17) is 23.2 Å². The monoisotopic (exact) mass is 381 g/mol. The number of halogens is 2. The van der Waals surface area contributed by atoms with Gasteiger partial charge in [-0.25, -0.2) is 4.98 Å². The van der Waals surface area contributed by atoms with Gasteiger partial charge in [0, 0.05) is 27.4 Å². The van der Waals surface area contributed by atoms with Gasteiger partial charge < -0.3 is 5.32 Å². The first kappa shape index (κ1) is 16.6. The number of nitrogens with one attached hydrogen (secondary N) is 1. The van der Waals surface area contributed by atoms with Crippen molar-refractivity contribution >= 4 is 40.6 Å². The number of nitrogens with zero attached hydrogens (tertiary/aromatic N) is 2. The standard InChI is InChI=1S/C20H13Cl2N3O/c21-15-8-4-13(5-9-15)18-19(25-12-2-1-3-17(25)23-18)24-20(26)14-6-10-16(22)11-7-14/h1-12H,(H,24,26). The van der Waals surface area contributed by atoms with Crippen LogP contribution in [0, 0.1) is 0 Å². The minimum absolute atomic E-state index is 0.234. The molecular formula is C20H13Cl2N3O. The van der Waals surface area contributed by atoms with E-state index in [1.807, 2.05) is 40.9 Å². The Hall–Kier alpha value is -2.82. The maximum Gasteiger partial charge on any atom is 0.256 e. The number of carbonyl (C=O) groups excluding carboxylic acids is 1. The minimum Gasteiger partial charge on any atom is -0.306 e. The molecule has 4 rings (SSSR count). The molecule has 0 aliphatic rings. The van der Waals surface area contributed by atoms with E-state index in [1.54, 1.807) is 36.4 Å². The summed E-state index contributed by atoms with van der Waals surface area (Å²) in [7, 11) is 0. The molecule has 0 unspecified atom stereocenters. The second-order valence-electron chi connectivity index (χ2n) is 5.71. The quantitative estimate of drug-likeness (QED) is 0.504. The van der Waals surface area contributed by atoms with Gasteiger partial charge in [0.15, 0.2) is 0 Å². The smallest absolute Gasteiger partial charge is 0.256 e. The number of carbonyl (C=O) groups is 1. The summed E-state index contributed by atoms with van der Waals surface area (Å²) in [5, 5.41) is 4.19. The van der Waals surface area contributed by atoms with Crippen molar-refractivity contribution in [3.05, 3.63) is 88.5 Å². The fourth-order valence-corrected chi connectivity index (χ4v) is 2.96. The molecule has 4 nitrogen and oxygen atoms in total. The van der Waals surface area contributed by atoms with Gasteiger partial charge >= 0.3 is 0 Å². The lowest BCUT2D eigenvalue weighted by Crippen LogP contribution is -2.13. The van der Waals surface area contributed by atoms with Gasteiger partial charge in [-0.15, -0.1) is 0 Å². The highest BCUT2D eigenvalue weighted by atomic mass is 35.5. The molecule has 2 heterocycles. The van der Waals surface area contributed by atoms with E-state index in [1.165, 1.54) is 0 Å². The molecule has 0 bridgehead atoms. The average molecular weight is 382 g/mol. The van der Waals surface area contributed by atoms with E-state index in [0.29, 0.717) is 27.1 Å². The predicted molar refractivity (Wildman–Crippen MR) is 105 cm³/mol. The molecule has 4 aromatic rings. The van der Waals surface area contributed by atoms with Crippen LogP contribution in [0.25, 0.3) is 16.9 Å². The summed E-state index contributed by atoms with van der Waals surface area (Å²) >= 11 is 11.9. The van der Waals surface area contributed by atoms with Crippen LogP contribution in [-0.2, 0) is 0 Å². The summed E-state index contributed by atoms with van der Waals surface area (Å²) in [5.74, 6) is 0.366. The van der Waals surface area contributed by atoms with Crippen LogP contribution in [0.5, 0.6) is 0 Å². The fourth-order valence-electron chi connectivity index (χ4n) is 2.71. The predicted octanol–water partition coefficient (Wildman–Crippen LogP) is 5.56. The number of fused-ring (bicyclic) bond motifs is 1. The van der Waals surface area contributed by atoms with Crippen molar-refractivity contribution in [1.29, 1.82) is 0 Å². The summed E-state index contributed by atoms with van der Waals surface area (Å²) in [4.78, 5) is 17.3. The number of aromatic nitrogens is 2. The maximum atomic E-state index is 12.7. The Morgan fingerprint density at radius 1 is 0.885 bits per heavy atom. The van der Waals surface area contributed by atoms with E-state index in [9.17, 15) is 4.79 Å². The Morgan fingerprint density at radius 3 is 2.23 bits per heavy atom. The highest BCUT2D eigenvalue weighted by molar-refractivity contribution is 6.31. The normalized spacial score (nSPS) is 10.8. The van der Waals surface area contributed by atoms with Gasteiger partial charge in [0.05, 0.1) is 0 Å². The van der Waals surface area contributed by atoms with Crippen molar-refractivity contribution in [2.75, 3.05) is 5.32 Å². The van der Waals surface area contributed by atoms with E-state index < -0.39 is 0 Å². The largest absolute Gasteiger partial charge is 0.306 e. The van der Waals surface area contributed by atoms with Crippen LogP contribution in [0.2, 0.25) is 10.0 Å². The Labute approximate surface area is 160 Å². The summed E-state index contributed by atoms with van der Waals surface area (Å²) in [5.41, 5.74) is 2.80.